The van der Waals surface area contributed by atoms with E-state index in [1.54, 1.807) is 17.9 Å². The van der Waals surface area contributed by atoms with E-state index in [2.05, 4.69) is 4.98 Å². The highest BCUT2D eigenvalue weighted by Gasteiger charge is 1.94. The van der Waals surface area contributed by atoms with Crippen molar-refractivity contribution in [3.8, 4) is 0 Å². The van der Waals surface area contributed by atoms with Crippen LogP contribution in [0, 0.1) is 13.8 Å². The lowest BCUT2D eigenvalue weighted by Gasteiger charge is -1.90. The molecule has 0 aliphatic rings. The summed E-state index contributed by atoms with van der Waals surface area (Å²) in [5.41, 5.74) is 0.914. The van der Waals surface area contributed by atoms with Crippen LogP contribution < -0.4 is 0 Å². The van der Waals surface area contributed by atoms with Gasteiger partial charge in [0.15, 0.2) is 0 Å². The fourth-order valence-electron chi connectivity index (χ4n) is 0.458. The summed E-state index contributed by atoms with van der Waals surface area (Å²) in [5, 5.41) is 0. The van der Waals surface area contributed by atoms with E-state index in [1.165, 1.54) is 0 Å². The minimum absolute atomic E-state index is 0.396. The van der Waals surface area contributed by atoms with Gasteiger partial charge in [0.1, 0.15) is 0 Å². The first kappa shape index (κ1) is 5.35. The summed E-state index contributed by atoms with van der Waals surface area (Å²) in [5.74, 6) is 0. The zero-order valence-corrected chi connectivity index (χ0v) is 4.63. The van der Waals surface area contributed by atoms with Gasteiger partial charge in [0.25, 0.3) is 0 Å². The second kappa shape index (κ2) is 1.62. The van der Waals surface area contributed by atoms with Gasteiger partial charge < -0.3 is 4.57 Å². The lowest BCUT2D eigenvalue weighted by atomic mass is 10.4. The Bertz CT molecular complexity index is 169. The van der Waals surface area contributed by atoms with Crippen LogP contribution in [0.2, 0.25) is 0 Å². The molecular formula is C6H6N2. The van der Waals surface area contributed by atoms with Crippen LogP contribution in [0.15, 0.2) is 6.33 Å². The molecule has 1 rings (SSSR count). The molecule has 1 heterocycles. The second-order valence-electron chi connectivity index (χ2n) is 1.63. The number of imidazole rings is 1. The predicted molar refractivity (Wildman–Crippen MR) is 30.0 cm³/mol. The summed E-state index contributed by atoms with van der Waals surface area (Å²) in [4.78, 5) is 3.73. The smallest absolute Gasteiger partial charge is 0.0949 e. The number of hydrogen-bond acceptors (Lipinski definition) is 1. The van der Waals surface area contributed by atoms with Crippen molar-refractivity contribution >= 4 is 0 Å². The van der Waals surface area contributed by atoms with Gasteiger partial charge in [-0.1, -0.05) is 0 Å². The first-order valence-electron chi connectivity index (χ1n) is 2.24. The zero-order chi connectivity index (χ0) is 6.15. The third kappa shape index (κ3) is 0.619. The quantitative estimate of drug-likeness (QED) is 0.472. The number of aromatic nitrogens is 2. The molecule has 0 N–H and O–H groups in total. The Balaban J connectivity index is 3.19. The first-order valence-corrected chi connectivity index (χ1v) is 2.24. The second-order valence-corrected chi connectivity index (χ2v) is 1.63. The highest BCUT2D eigenvalue weighted by molar-refractivity contribution is 5.17. The van der Waals surface area contributed by atoms with Crippen LogP contribution in [0.25, 0.3) is 0 Å². The van der Waals surface area contributed by atoms with Crippen LogP contribution in [-0.2, 0) is 7.05 Å². The molecule has 1 aromatic rings. The zero-order valence-electron chi connectivity index (χ0n) is 4.63. The first-order chi connectivity index (χ1) is 3.72. The Morgan fingerprint density at radius 3 is 2.38 bits per heavy atom. The minimum Gasteiger partial charge on any atom is -0.337 e. The van der Waals surface area contributed by atoms with Gasteiger partial charge in [0, 0.05) is 26.6 Å². The van der Waals surface area contributed by atoms with Crippen LogP contribution in [0.4, 0.5) is 0 Å². The van der Waals surface area contributed by atoms with E-state index >= 15 is 0 Å². The SMILES string of the molecule is [CH]c1ncn(C)c1[CH]. The predicted octanol–water partition coefficient (Wildman–Crippen LogP) is 0.538. The van der Waals surface area contributed by atoms with Crippen molar-refractivity contribution in [1.82, 2.24) is 9.55 Å². The van der Waals surface area contributed by atoms with E-state index in [-0.39, 0.29) is 0 Å². The van der Waals surface area contributed by atoms with E-state index < -0.39 is 0 Å². The van der Waals surface area contributed by atoms with E-state index in [1.807, 2.05) is 0 Å². The molecule has 0 atom stereocenters. The molecule has 0 aliphatic heterocycles. The van der Waals surface area contributed by atoms with Crippen molar-refractivity contribution in [2.45, 2.75) is 0 Å². The summed E-state index contributed by atoms with van der Waals surface area (Å²) in [6, 6.07) is 0. The fraction of sp³-hybridized carbons (Fsp3) is 0.167. The molecule has 0 saturated heterocycles. The summed E-state index contributed by atoms with van der Waals surface area (Å²) in [6.45, 7) is 10.7. The molecule has 2 nitrogen and oxygen atoms in total. The molecule has 0 fully saturated rings. The highest BCUT2D eigenvalue weighted by atomic mass is 15.0. The average Bonchev–Trinajstić information content (AvgIpc) is 1.98. The minimum atomic E-state index is 0.396. The molecule has 0 amide bonds. The number of rotatable bonds is 0. The summed E-state index contributed by atoms with van der Waals surface area (Å²) >= 11 is 0. The van der Waals surface area contributed by atoms with Crippen molar-refractivity contribution in [3.05, 3.63) is 31.6 Å². The van der Waals surface area contributed by atoms with E-state index in [9.17, 15) is 0 Å². The number of aryl methyl sites for hydroxylation is 1. The maximum absolute atomic E-state index is 5.38. The van der Waals surface area contributed by atoms with E-state index in [4.69, 9.17) is 13.8 Å². The number of nitrogens with zero attached hydrogens (tertiary/aromatic N) is 2. The summed E-state index contributed by atoms with van der Waals surface area (Å²) in [7, 11) is 1.79. The average molecular weight is 106 g/mol. The molecule has 1 aromatic heterocycles. The largest absolute Gasteiger partial charge is 0.337 e. The number of hydrogen-bond donors (Lipinski definition) is 0. The monoisotopic (exact) mass is 106 g/mol. The van der Waals surface area contributed by atoms with Gasteiger partial charge in [-0.05, 0) is 0 Å². The molecule has 40 valence electrons. The summed E-state index contributed by atoms with van der Waals surface area (Å²) < 4.78 is 1.66. The standard InChI is InChI=1S/C6H6N2/c1-5-6(2)8(3)4-7-5/h1-2,4H,3H3. The Labute approximate surface area is 49.2 Å². The van der Waals surface area contributed by atoms with Crippen molar-refractivity contribution in [1.29, 1.82) is 0 Å². The van der Waals surface area contributed by atoms with Gasteiger partial charge in [-0.25, -0.2) is 4.98 Å². The summed E-state index contributed by atoms with van der Waals surface area (Å²) in [6.07, 6.45) is 1.57. The van der Waals surface area contributed by atoms with Gasteiger partial charge in [-0.15, -0.1) is 0 Å². The van der Waals surface area contributed by atoms with Crippen LogP contribution >= 0.6 is 0 Å². The van der Waals surface area contributed by atoms with Gasteiger partial charge in [-0.2, -0.15) is 0 Å². The van der Waals surface area contributed by atoms with Gasteiger partial charge in [0.05, 0.1) is 12.0 Å². The molecule has 4 radical (unpaired) electrons. The molecule has 0 unspecified atom stereocenters. The van der Waals surface area contributed by atoms with Gasteiger partial charge >= 0.3 is 0 Å². The Hall–Kier alpha value is -0.790. The van der Waals surface area contributed by atoms with Crippen molar-refractivity contribution in [3.63, 3.8) is 0 Å². The van der Waals surface area contributed by atoms with Crippen LogP contribution in [0.1, 0.15) is 11.4 Å². The fourth-order valence-corrected chi connectivity index (χ4v) is 0.458. The maximum Gasteiger partial charge on any atom is 0.0949 e. The lowest BCUT2D eigenvalue weighted by Crippen LogP contribution is -1.87. The van der Waals surface area contributed by atoms with Gasteiger partial charge in [-0.3, -0.25) is 0 Å². The molecule has 0 spiro atoms. The Morgan fingerprint density at radius 1 is 1.62 bits per heavy atom. The van der Waals surface area contributed by atoms with Crippen molar-refractivity contribution in [2.75, 3.05) is 0 Å². The lowest BCUT2D eigenvalue weighted by molar-refractivity contribution is 0.892. The third-order valence-corrected chi connectivity index (χ3v) is 1.01. The molecule has 8 heavy (non-hydrogen) atoms. The molecule has 0 aliphatic carbocycles. The van der Waals surface area contributed by atoms with Gasteiger partial charge in [0.2, 0.25) is 0 Å². The van der Waals surface area contributed by atoms with Crippen LogP contribution in [0.5, 0.6) is 0 Å². The van der Waals surface area contributed by atoms with Crippen LogP contribution in [-0.4, -0.2) is 9.55 Å². The topological polar surface area (TPSA) is 17.8 Å². The van der Waals surface area contributed by atoms with E-state index in [0.717, 1.165) is 0 Å². The molecule has 2 heteroatoms. The third-order valence-electron chi connectivity index (χ3n) is 1.01. The van der Waals surface area contributed by atoms with Crippen LogP contribution in [0.3, 0.4) is 0 Å². The van der Waals surface area contributed by atoms with Crippen molar-refractivity contribution < 1.29 is 0 Å². The maximum atomic E-state index is 5.38. The molecule has 0 saturated carbocycles. The Morgan fingerprint density at radius 2 is 2.25 bits per heavy atom. The van der Waals surface area contributed by atoms with Crippen molar-refractivity contribution in [2.24, 2.45) is 7.05 Å². The molecule has 0 bridgehead atoms. The normalized spacial score (nSPS) is 9.88. The molecule has 0 aromatic carbocycles. The molecular weight excluding hydrogens is 100 g/mol. The van der Waals surface area contributed by atoms with E-state index in [0.29, 0.717) is 11.4 Å². The Kier molecular flexibility index (Phi) is 1.08. The highest BCUT2D eigenvalue weighted by Crippen LogP contribution is 1.99.